The van der Waals surface area contributed by atoms with Crippen LogP contribution in [-0.2, 0) is 22.2 Å². The van der Waals surface area contributed by atoms with E-state index in [9.17, 15) is 13.2 Å². The minimum atomic E-state index is -3.62. The van der Waals surface area contributed by atoms with Crippen LogP contribution in [0.2, 0.25) is 5.02 Å². The maximum absolute atomic E-state index is 12.9. The first-order chi connectivity index (χ1) is 14.4. The van der Waals surface area contributed by atoms with Gasteiger partial charge in [-0.25, -0.2) is 8.42 Å². The van der Waals surface area contributed by atoms with Crippen molar-refractivity contribution in [3.63, 3.8) is 0 Å². The van der Waals surface area contributed by atoms with Gasteiger partial charge in [-0.2, -0.15) is 0 Å². The normalized spacial score (nSPS) is 13.6. The van der Waals surface area contributed by atoms with Gasteiger partial charge in [0.25, 0.3) is 5.91 Å². The third-order valence-electron chi connectivity index (χ3n) is 5.04. The Morgan fingerprint density at radius 3 is 2.50 bits per heavy atom. The second-order valence-electron chi connectivity index (χ2n) is 7.22. The van der Waals surface area contributed by atoms with Crippen LogP contribution in [0.1, 0.15) is 27.9 Å². The van der Waals surface area contributed by atoms with Crippen LogP contribution in [0.3, 0.4) is 0 Å². The molecule has 7 heteroatoms. The van der Waals surface area contributed by atoms with Gasteiger partial charge in [-0.1, -0.05) is 48.0 Å². The molecule has 0 radical (unpaired) electrons. The fourth-order valence-corrected chi connectivity index (χ4v) is 5.15. The summed E-state index contributed by atoms with van der Waals surface area (Å²) in [4.78, 5) is 14.7. The first-order valence-electron chi connectivity index (χ1n) is 9.67. The highest BCUT2D eigenvalue weighted by atomic mass is 35.5. The van der Waals surface area contributed by atoms with Gasteiger partial charge in [0.05, 0.1) is 5.75 Å². The van der Waals surface area contributed by atoms with E-state index in [1.807, 2.05) is 30.3 Å². The Kier molecular flexibility index (Phi) is 5.79. The fourth-order valence-electron chi connectivity index (χ4n) is 3.64. The van der Waals surface area contributed by atoms with Gasteiger partial charge in [0.15, 0.2) is 0 Å². The maximum Gasteiger partial charge on any atom is 0.258 e. The molecule has 0 aromatic heterocycles. The quantitative estimate of drug-likeness (QED) is 0.615. The molecule has 3 aromatic rings. The predicted molar refractivity (Wildman–Crippen MR) is 121 cm³/mol. The highest BCUT2D eigenvalue weighted by molar-refractivity contribution is 7.91. The summed E-state index contributed by atoms with van der Waals surface area (Å²) in [6.07, 6.45) is 1.61. The SMILES string of the molecule is O=C(c1ccccc1)N1CCCc2cc(NS(=O)(=O)Cc3ccccc3Cl)ccc21. The fraction of sp³-hybridized carbons (Fsp3) is 0.174. The van der Waals surface area contributed by atoms with Crippen molar-refractivity contribution in [1.82, 2.24) is 0 Å². The molecule has 1 N–H and O–H groups in total. The van der Waals surface area contributed by atoms with Crippen molar-refractivity contribution in [1.29, 1.82) is 0 Å². The number of carbonyl (C=O) groups excluding carboxylic acids is 1. The molecule has 1 aliphatic rings. The topological polar surface area (TPSA) is 66.5 Å². The molecule has 4 rings (SSSR count). The average molecular weight is 441 g/mol. The molecular formula is C23H21ClN2O3S. The number of nitrogens with one attached hydrogen (secondary N) is 1. The van der Waals surface area contributed by atoms with Gasteiger partial charge in [-0.3, -0.25) is 9.52 Å². The highest BCUT2D eigenvalue weighted by Gasteiger charge is 2.24. The highest BCUT2D eigenvalue weighted by Crippen LogP contribution is 2.31. The van der Waals surface area contributed by atoms with Gasteiger partial charge in [-0.05, 0) is 60.4 Å². The minimum Gasteiger partial charge on any atom is -0.308 e. The summed E-state index contributed by atoms with van der Waals surface area (Å²) in [6, 6.07) is 21.4. The van der Waals surface area contributed by atoms with E-state index in [0.29, 0.717) is 28.4 Å². The number of rotatable bonds is 5. The van der Waals surface area contributed by atoms with Crippen LogP contribution in [-0.4, -0.2) is 20.9 Å². The number of hydrogen-bond acceptors (Lipinski definition) is 3. The van der Waals surface area contributed by atoms with Gasteiger partial charge in [-0.15, -0.1) is 0 Å². The standard InChI is InChI=1S/C23H21ClN2O3S/c24-21-11-5-4-9-19(21)16-30(28,29)25-20-12-13-22-18(15-20)10-6-14-26(22)23(27)17-7-2-1-3-8-17/h1-5,7-9,11-13,15,25H,6,10,14,16H2. The van der Waals surface area contributed by atoms with Crippen molar-refractivity contribution in [3.8, 4) is 0 Å². The Morgan fingerprint density at radius 2 is 1.73 bits per heavy atom. The predicted octanol–water partition coefficient (Wildman–Crippen LogP) is 4.87. The third-order valence-corrected chi connectivity index (χ3v) is 6.65. The van der Waals surface area contributed by atoms with Crippen LogP contribution < -0.4 is 9.62 Å². The van der Waals surface area contributed by atoms with Crippen molar-refractivity contribution in [2.24, 2.45) is 0 Å². The summed E-state index contributed by atoms with van der Waals surface area (Å²) in [6.45, 7) is 0.637. The molecule has 30 heavy (non-hydrogen) atoms. The van der Waals surface area contributed by atoms with Crippen molar-refractivity contribution in [2.75, 3.05) is 16.2 Å². The molecular weight excluding hydrogens is 420 g/mol. The monoisotopic (exact) mass is 440 g/mol. The van der Waals surface area contributed by atoms with E-state index in [2.05, 4.69) is 4.72 Å². The van der Waals surface area contributed by atoms with Crippen LogP contribution in [0.15, 0.2) is 72.8 Å². The number of halogens is 1. The van der Waals surface area contributed by atoms with Crippen molar-refractivity contribution in [2.45, 2.75) is 18.6 Å². The Balaban J connectivity index is 1.55. The van der Waals surface area contributed by atoms with Crippen LogP contribution in [0, 0.1) is 0 Å². The van der Waals surface area contributed by atoms with Crippen LogP contribution >= 0.6 is 11.6 Å². The lowest BCUT2D eigenvalue weighted by Crippen LogP contribution is -2.35. The van der Waals surface area contributed by atoms with Gasteiger partial charge in [0, 0.05) is 28.5 Å². The third kappa shape index (κ3) is 4.50. The molecule has 1 heterocycles. The molecule has 0 bridgehead atoms. The van der Waals surface area contributed by atoms with Crippen molar-refractivity contribution in [3.05, 3.63) is 94.5 Å². The molecule has 0 spiro atoms. The first-order valence-corrected chi connectivity index (χ1v) is 11.7. The number of sulfonamides is 1. The Labute approximate surface area is 181 Å². The molecule has 0 saturated heterocycles. The van der Waals surface area contributed by atoms with Gasteiger partial charge in [0.1, 0.15) is 0 Å². The molecule has 1 aliphatic heterocycles. The number of amides is 1. The summed E-state index contributed by atoms with van der Waals surface area (Å²) in [5.74, 6) is -0.258. The molecule has 3 aromatic carbocycles. The van der Waals surface area contributed by atoms with Gasteiger partial charge < -0.3 is 4.90 Å². The lowest BCUT2D eigenvalue weighted by atomic mass is 10.00. The number of fused-ring (bicyclic) bond motifs is 1. The van der Waals surface area contributed by atoms with Crippen LogP contribution in [0.25, 0.3) is 0 Å². The summed E-state index contributed by atoms with van der Waals surface area (Å²) >= 11 is 6.09. The van der Waals surface area contributed by atoms with Crippen LogP contribution in [0.4, 0.5) is 11.4 Å². The second-order valence-corrected chi connectivity index (χ2v) is 9.35. The number of anilines is 2. The van der Waals surface area contributed by atoms with E-state index >= 15 is 0 Å². The number of hydrogen-bond donors (Lipinski definition) is 1. The van der Waals surface area contributed by atoms with E-state index in [-0.39, 0.29) is 11.7 Å². The largest absolute Gasteiger partial charge is 0.308 e. The zero-order valence-electron chi connectivity index (χ0n) is 16.2. The number of benzene rings is 3. The zero-order valence-corrected chi connectivity index (χ0v) is 17.8. The van der Waals surface area contributed by atoms with Gasteiger partial charge in [0.2, 0.25) is 10.0 Å². The van der Waals surface area contributed by atoms with E-state index in [4.69, 9.17) is 11.6 Å². The molecule has 5 nitrogen and oxygen atoms in total. The number of carbonyl (C=O) groups is 1. The van der Waals surface area contributed by atoms with E-state index in [1.165, 1.54) is 0 Å². The van der Waals surface area contributed by atoms with E-state index < -0.39 is 10.0 Å². The molecule has 0 saturated carbocycles. The number of nitrogens with zero attached hydrogens (tertiary/aromatic N) is 1. The number of aryl methyl sites for hydroxylation is 1. The lowest BCUT2D eigenvalue weighted by Gasteiger charge is -2.30. The minimum absolute atomic E-state index is 0.0522. The first kappa shape index (κ1) is 20.4. The molecule has 1 amide bonds. The maximum atomic E-state index is 12.9. The molecule has 0 aliphatic carbocycles. The van der Waals surface area contributed by atoms with Crippen LogP contribution in [0.5, 0.6) is 0 Å². The smallest absolute Gasteiger partial charge is 0.258 e. The lowest BCUT2D eigenvalue weighted by molar-refractivity contribution is 0.0985. The summed E-state index contributed by atoms with van der Waals surface area (Å²) in [7, 11) is -3.62. The zero-order chi connectivity index (χ0) is 21.1. The summed E-state index contributed by atoms with van der Waals surface area (Å²) < 4.78 is 27.9. The Morgan fingerprint density at radius 1 is 1.00 bits per heavy atom. The van der Waals surface area contributed by atoms with Crippen molar-refractivity contribution < 1.29 is 13.2 Å². The van der Waals surface area contributed by atoms with Gasteiger partial charge >= 0.3 is 0 Å². The molecule has 0 fully saturated rings. The summed E-state index contributed by atoms with van der Waals surface area (Å²) in [5.41, 5.74) is 3.43. The molecule has 0 atom stereocenters. The molecule has 0 unspecified atom stereocenters. The Bertz CT molecular complexity index is 1180. The Hall–Kier alpha value is -2.83. The second kappa shape index (κ2) is 8.50. The summed E-state index contributed by atoms with van der Waals surface area (Å²) in [5, 5.41) is 0.420. The van der Waals surface area contributed by atoms with Crippen molar-refractivity contribution >= 4 is 38.9 Å². The van der Waals surface area contributed by atoms with E-state index in [0.717, 1.165) is 24.1 Å². The van der Waals surface area contributed by atoms with E-state index in [1.54, 1.807) is 47.4 Å². The average Bonchev–Trinajstić information content (AvgIpc) is 2.74. The molecule has 154 valence electrons.